The fraction of sp³-hybridized carbons (Fsp3) is 0.273. The van der Waals surface area contributed by atoms with Crippen molar-refractivity contribution in [3.63, 3.8) is 0 Å². The van der Waals surface area contributed by atoms with Gasteiger partial charge < -0.3 is 24.4 Å². The van der Waals surface area contributed by atoms with Gasteiger partial charge in [0, 0.05) is 31.0 Å². The summed E-state index contributed by atoms with van der Waals surface area (Å²) in [5.74, 6) is 0.405. The predicted molar refractivity (Wildman–Crippen MR) is 160 cm³/mol. The number of ether oxygens (including phenoxy) is 1. The first-order valence-electron chi connectivity index (χ1n) is 13.9. The summed E-state index contributed by atoms with van der Waals surface area (Å²) in [4.78, 5) is 30.0. The van der Waals surface area contributed by atoms with Crippen molar-refractivity contribution in [2.45, 2.75) is 45.7 Å². The highest BCUT2D eigenvalue weighted by Crippen LogP contribution is 2.34. The average molecular weight is 593 g/mol. The standard InChI is InChI=1S/C33H35F3N4O3/c1-24(2)40(32(42)37-30-17-8-7-16-29(30)33(34,35)36)23-31(41)39(20-25-11-5-4-6-12-25)22-27-14-10-18-38(27)21-26-13-9-15-28(19-26)43-3/h4-19,24H,20-23H2,1-3H3,(H,37,42). The van der Waals surface area contributed by atoms with Crippen molar-refractivity contribution in [2.24, 2.45) is 0 Å². The van der Waals surface area contributed by atoms with Crippen molar-refractivity contribution in [3.8, 4) is 5.75 Å². The largest absolute Gasteiger partial charge is 0.497 e. The Bertz CT molecular complexity index is 1520. The maximum atomic E-state index is 13.8. The summed E-state index contributed by atoms with van der Waals surface area (Å²) in [5.41, 5.74) is 1.49. The van der Waals surface area contributed by atoms with E-state index in [-0.39, 0.29) is 31.2 Å². The Hall–Kier alpha value is -4.73. The molecule has 0 saturated heterocycles. The number of anilines is 1. The van der Waals surface area contributed by atoms with Crippen molar-refractivity contribution in [1.82, 2.24) is 14.4 Å². The molecule has 1 heterocycles. The summed E-state index contributed by atoms with van der Waals surface area (Å²) in [7, 11) is 1.61. The monoisotopic (exact) mass is 592 g/mol. The molecule has 1 N–H and O–H groups in total. The van der Waals surface area contributed by atoms with Crippen LogP contribution in [0.25, 0.3) is 0 Å². The summed E-state index contributed by atoms with van der Waals surface area (Å²) in [6, 6.07) is 24.6. The molecule has 43 heavy (non-hydrogen) atoms. The number of hydrogen-bond acceptors (Lipinski definition) is 3. The molecule has 7 nitrogen and oxygen atoms in total. The minimum Gasteiger partial charge on any atom is -0.497 e. The molecule has 0 aliphatic carbocycles. The minimum atomic E-state index is -4.64. The Balaban J connectivity index is 1.55. The predicted octanol–water partition coefficient (Wildman–Crippen LogP) is 7.04. The molecule has 3 amide bonds. The number of carbonyl (C=O) groups excluding carboxylic acids is 2. The Morgan fingerprint density at radius 2 is 1.58 bits per heavy atom. The van der Waals surface area contributed by atoms with Gasteiger partial charge in [-0.2, -0.15) is 13.2 Å². The maximum Gasteiger partial charge on any atom is 0.418 e. The number of rotatable bonds is 11. The summed E-state index contributed by atoms with van der Waals surface area (Å²) in [5, 5.41) is 2.37. The zero-order valence-corrected chi connectivity index (χ0v) is 24.3. The smallest absolute Gasteiger partial charge is 0.418 e. The number of amides is 3. The molecule has 0 saturated carbocycles. The van der Waals surface area contributed by atoms with E-state index >= 15 is 0 Å². The van der Waals surface area contributed by atoms with E-state index < -0.39 is 23.8 Å². The van der Waals surface area contributed by atoms with Gasteiger partial charge in [-0.05, 0) is 61.4 Å². The van der Waals surface area contributed by atoms with Crippen LogP contribution in [0.2, 0.25) is 0 Å². The first-order chi connectivity index (χ1) is 20.5. The van der Waals surface area contributed by atoms with Gasteiger partial charge in [-0.3, -0.25) is 4.79 Å². The number of nitrogens with one attached hydrogen (secondary N) is 1. The molecule has 226 valence electrons. The molecular formula is C33H35F3N4O3. The first-order valence-corrected chi connectivity index (χ1v) is 13.9. The lowest BCUT2D eigenvalue weighted by Gasteiger charge is -2.31. The second-order valence-corrected chi connectivity index (χ2v) is 10.4. The fourth-order valence-corrected chi connectivity index (χ4v) is 4.71. The highest BCUT2D eigenvalue weighted by Gasteiger charge is 2.34. The number of benzene rings is 3. The Morgan fingerprint density at radius 3 is 2.28 bits per heavy atom. The van der Waals surface area contributed by atoms with E-state index in [2.05, 4.69) is 5.32 Å². The van der Waals surface area contributed by atoms with Crippen LogP contribution in [0.4, 0.5) is 23.7 Å². The molecule has 0 atom stereocenters. The lowest BCUT2D eigenvalue weighted by molar-refractivity contribution is -0.137. The normalized spacial score (nSPS) is 11.3. The zero-order valence-electron chi connectivity index (χ0n) is 24.3. The van der Waals surface area contributed by atoms with Gasteiger partial charge in [-0.25, -0.2) is 4.79 Å². The fourth-order valence-electron chi connectivity index (χ4n) is 4.71. The van der Waals surface area contributed by atoms with E-state index in [0.29, 0.717) is 6.54 Å². The number of methoxy groups -OCH3 is 1. The van der Waals surface area contributed by atoms with Gasteiger partial charge in [-0.15, -0.1) is 0 Å². The van der Waals surface area contributed by atoms with Crippen molar-refractivity contribution >= 4 is 17.6 Å². The molecule has 4 rings (SSSR count). The second-order valence-electron chi connectivity index (χ2n) is 10.4. The third-order valence-electron chi connectivity index (χ3n) is 7.00. The Labute approximate surface area is 249 Å². The number of para-hydroxylation sites is 1. The maximum absolute atomic E-state index is 13.8. The van der Waals surface area contributed by atoms with Crippen LogP contribution < -0.4 is 10.1 Å². The van der Waals surface area contributed by atoms with Gasteiger partial charge in [0.2, 0.25) is 5.91 Å². The number of nitrogens with zero attached hydrogens (tertiary/aromatic N) is 3. The molecule has 0 spiro atoms. The summed E-state index contributed by atoms with van der Waals surface area (Å²) in [6.07, 6.45) is -2.71. The highest BCUT2D eigenvalue weighted by atomic mass is 19.4. The third kappa shape index (κ3) is 8.41. The number of hydrogen-bond donors (Lipinski definition) is 1. The van der Waals surface area contributed by atoms with Gasteiger partial charge in [0.15, 0.2) is 0 Å². The number of urea groups is 1. The molecule has 3 aromatic carbocycles. The Morgan fingerprint density at radius 1 is 0.884 bits per heavy atom. The van der Waals surface area contributed by atoms with Crippen molar-refractivity contribution < 1.29 is 27.5 Å². The molecule has 4 aromatic rings. The number of halogens is 3. The lowest BCUT2D eigenvalue weighted by atomic mass is 10.1. The Kier molecular flexibility index (Phi) is 10.1. The van der Waals surface area contributed by atoms with Crippen LogP contribution in [-0.4, -0.2) is 46.0 Å². The van der Waals surface area contributed by atoms with Crippen LogP contribution in [0.3, 0.4) is 0 Å². The van der Waals surface area contributed by atoms with E-state index in [0.717, 1.165) is 28.6 Å². The average Bonchev–Trinajstić information content (AvgIpc) is 3.41. The molecule has 0 aliphatic heterocycles. The van der Waals surface area contributed by atoms with Crippen LogP contribution in [0.15, 0.2) is 97.2 Å². The third-order valence-corrected chi connectivity index (χ3v) is 7.00. The van der Waals surface area contributed by atoms with E-state index in [9.17, 15) is 22.8 Å². The number of carbonyl (C=O) groups is 2. The number of aromatic nitrogens is 1. The molecule has 10 heteroatoms. The summed E-state index contributed by atoms with van der Waals surface area (Å²) in [6.45, 7) is 4.21. The molecular weight excluding hydrogens is 557 g/mol. The summed E-state index contributed by atoms with van der Waals surface area (Å²) < 4.78 is 48.0. The van der Waals surface area contributed by atoms with Crippen molar-refractivity contribution in [2.75, 3.05) is 19.0 Å². The quantitative estimate of drug-likeness (QED) is 0.203. The topological polar surface area (TPSA) is 66.8 Å². The summed E-state index contributed by atoms with van der Waals surface area (Å²) >= 11 is 0. The molecule has 0 bridgehead atoms. The van der Waals surface area contributed by atoms with Gasteiger partial charge in [0.1, 0.15) is 12.3 Å². The van der Waals surface area contributed by atoms with Gasteiger partial charge in [0.05, 0.1) is 24.9 Å². The number of alkyl halides is 3. The molecule has 1 aromatic heterocycles. The van der Waals surface area contributed by atoms with Crippen LogP contribution in [0.1, 0.15) is 36.2 Å². The van der Waals surface area contributed by atoms with Crippen LogP contribution in [0, 0.1) is 0 Å². The lowest BCUT2D eigenvalue weighted by Crippen LogP contribution is -2.47. The van der Waals surface area contributed by atoms with Crippen LogP contribution in [-0.2, 0) is 30.6 Å². The van der Waals surface area contributed by atoms with Crippen LogP contribution >= 0.6 is 0 Å². The van der Waals surface area contributed by atoms with E-state index in [1.54, 1.807) is 25.9 Å². The SMILES string of the molecule is COc1cccc(Cn2cccc2CN(Cc2ccccc2)C(=O)CN(C(=O)Nc2ccccc2C(F)(F)F)C(C)C)c1. The minimum absolute atomic E-state index is 0.259. The van der Waals surface area contributed by atoms with Gasteiger partial charge in [-0.1, -0.05) is 54.6 Å². The molecule has 0 aliphatic rings. The second kappa shape index (κ2) is 14.0. The van der Waals surface area contributed by atoms with E-state index in [1.807, 2.05) is 77.5 Å². The molecule has 0 radical (unpaired) electrons. The highest BCUT2D eigenvalue weighted by molar-refractivity contribution is 5.93. The van der Waals surface area contributed by atoms with E-state index in [1.165, 1.54) is 23.1 Å². The van der Waals surface area contributed by atoms with Gasteiger partial charge in [0.25, 0.3) is 0 Å². The van der Waals surface area contributed by atoms with Crippen LogP contribution in [0.5, 0.6) is 5.75 Å². The van der Waals surface area contributed by atoms with Crippen molar-refractivity contribution in [1.29, 1.82) is 0 Å². The molecule has 0 fully saturated rings. The molecule has 0 unspecified atom stereocenters. The van der Waals surface area contributed by atoms with E-state index in [4.69, 9.17) is 4.74 Å². The van der Waals surface area contributed by atoms with Gasteiger partial charge >= 0.3 is 12.2 Å². The van der Waals surface area contributed by atoms with Crippen molar-refractivity contribution in [3.05, 3.63) is 120 Å². The zero-order chi connectivity index (χ0) is 31.0. The first kappa shape index (κ1) is 31.2.